The minimum atomic E-state index is -0.442. The van der Waals surface area contributed by atoms with Crippen LogP contribution < -0.4 is 16.0 Å². The molecule has 3 N–H and O–H groups in total. The summed E-state index contributed by atoms with van der Waals surface area (Å²) in [6.45, 7) is 3.49. The summed E-state index contributed by atoms with van der Waals surface area (Å²) < 4.78 is 1.09. The van der Waals surface area contributed by atoms with Crippen LogP contribution in [-0.2, 0) is 4.79 Å². The third-order valence-electron chi connectivity index (χ3n) is 3.14. The summed E-state index contributed by atoms with van der Waals surface area (Å²) in [7, 11) is 0. The van der Waals surface area contributed by atoms with Crippen LogP contribution in [0.25, 0.3) is 0 Å². The predicted molar refractivity (Wildman–Crippen MR) is 76.6 cm³/mol. The molecule has 5 heteroatoms. The molecule has 98 valence electrons. The second-order valence-electron chi connectivity index (χ2n) is 4.68. The Morgan fingerprint density at radius 3 is 2.94 bits per heavy atom. The molecule has 1 amide bonds. The fourth-order valence-electron chi connectivity index (χ4n) is 2.14. The number of halogens is 1. The maximum Gasteiger partial charge on any atom is 0.236 e. The molecule has 0 saturated carbocycles. The number of anilines is 1. The first kappa shape index (κ1) is 13.4. The lowest BCUT2D eigenvalue weighted by Crippen LogP contribution is -2.44. The molecular formula is C13H18BrN3O. The summed E-state index contributed by atoms with van der Waals surface area (Å²) in [6, 6.07) is 7.88. The molecule has 1 aliphatic heterocycles. The van der Waals surface area contributed by atoms with Crippen molar-refractivity contribution in [2.75, 3.05) is 18.0 Å². The Hall–Kier alpha value is -1.07. The number of carbonyl (C=O) groups excluding carboxylic acids is 1. The summed E-state index contributed by atoms with van der Waals surface area (Å²) in [6.07, 6.45) is 0.958. The van der Waals surface area contributed by atoms with Crippen molar-refractivity contribution >= 4 is 27.5 Å². The fraction of sp³-hybridized carbons (Fsp3) is 0.462. The Kier molecular flexibility index (Phi) is 4.24. The van der Waals surface area contributed by atoms with Gasteiger partial charge in [0, 0.05) is 23.6 Å². The largest absolute Gasteiger partial charge is 0.368 e. The summed E-state index contributed by atoms with van der Waals surface area (Å²) in [5, 5.41) is 2.98. The second kappa shape index (κ2) is 5.71. The zero-order valence-corrected chi connectivity index (χ0v) is 12.0. The van der Waals surface area contributed by atoms with Gasteiger partial charge in [0.2, 0.25) is 5.91 Å². The molecule has 4 nitrogen and oxygen atoms in total. The van der Waals surface area contributed by atoms with Gasteiger partial charge in [0.1, 0.15) is 0 Å². The highest BCUT2D eigenvalue weighted by molar-refractivity contribution is 9.10. The van der Waals surface area contributed by atoms with Crippen LogP contribution in [0.5, 0.6) is 0 Å². The van der Waals surface area contributed by atoms with Crippen molar-refractivity contribution < 1.29 is 4.79 Å². The highest BCUT2D eigenvalue weighted by Crippen LogP contribution is 2.28. The van der Waals surface area contributed by atoms with Crippen LogP contribution in [0.3, 0.4) is 0 Å². The average molecular weight is 312 g/mol. The van der Waals surface area contributed by atoms with Crippen molar-refractivity contribution in [2.45, 2.75) is 25.4 Å². The Balaban J connectivity index is 1.97. The minimum Gasteiger partial charge on any atom is -0.368 e. The molecule has 1 fully saturated rings. The molecule has 0 bridgehead atoms. The van der Waals surface area contributed by atoms with E-state index >= 15 is 0 Å². The van der Waals surface area contributed by atoms with Crippen LogP contribution in [-0.4, -0.2) is 31.1 Å². The molecule has 0 spiro atoms. The normalized spacial score (nSPS) is 20.8. The van der Waals surface area contributed by atoms with Gasteiger partial charge in [-0.05, 0) is 41.4 Å². The highest BCUT2D eigenvalue weighted by Gasteiger charge is 2.25. The number of nitrogens with one attached hydrogen (secondary N) is 1. The summed E-state index contributed by atoms with van der Waals surface area (Å²) in [4.78, 5) is 13.8. The lowest BCUT2D eigenvalue weighted by molar-refractivity contribution is -0.122. The van der Waals surface area contributed by atoms with Crippen LogP contribution in [0.1, 0.15) is 13.3 Å². The summed E-state index contributed by atoms with van der Waals surface area (Å²) in [5.74, 6) is -0.0750. The first-order valence-electron chi connectivity index (χ1n) is 6.13. The Morgan fingerprint density at radius 1 is 1.56 bits per heavy atom. The standard InChI is InChI=1S/C13H18BrN3O/c1-9(15)13(18)16-10-6-7-17(8-10)12-5-3-2-4-11(12)14/h2-5,9-10H,6-8,15H2,1H3,(H,16,18). The van der Waals surface area contributed by atoms with Gasteiger partial charge in [0.15, 0.2) is 0 Å². The van der Waals surface area contributed by atoms with Crippen LogP contribution in [0.15, 0.2) is 28.7 Å². The molecule has 18 heavy (non-hydrogen) atoms. The topological polar surface area (TPSA) is 58.4 Å². The Morgan fingerprint density at radius 2 is 2.28 bits per heavy atom. The number of hydrogen-bond acceptors (Lipinski definition) is 3. The van der Waals surface area contributed by atoms with Gasteiger partial charge in [-0.2, -0.15) is 0 Å². The zero-order valence-electron chi connectivity index (χ0n) is 10.4. The Labute approximate surface area is 116 Å². The molecule has 0 aliphatic carbocycles. The zero-order chi connectivity index (χ0) is 13.1. The van der Waals surface area contributed by atoms with Crippen LogP contribution in [0, 0.1) is 0 Å². The molecule has 2 rings (SSSR count). The SMILES string of the molecule is CC(N)C(=O)NC1CCN(c2ccccc2Br)C1. The van der Waals surface area contributed by atoms with Crippen LogP contribution in [0.2, 0.25) is 0 Å². The average Bonchev–Trinajstić information content (AvgIpc) is 2.77. The third-order valence-corrected chi connectivity index (χ3v) is 3.81. The van der Waals surface area contributed by atoms with Gasteiger partial charge in [0.05, 0.1) is 11.7 Å². The van der Waals surface area contributed by atoms with Crippen molar-refractivity contribution in [1.29, 1.82) is 0 Å². The van der Waals surface area contributed by atoms with E-state index in [0.29, 0.717) is 0 Å². The lowest BCUT2D eigenvalue weighted by atomic mass is 10.2. The van der Waals surface area contributed by atoms with Crippen molar-refractivity contribution in [1.82, 2.24) is 5.32 Å². The van der Waals surface area contributed by atoms with E-state index in [1.165, 1.54) is 5.69 Å². The van der Waals surface area contributed by atoms with Crippen molar-refractivity contribution in [3.8, 4) is 0 Å². The first-order chi connectivity index (χ1) is 8.58. The summed E-state index contributed by atoms with van der Waals surface area (Å²) >= 11 is 3.55. The molecule has 2 atom stereocenters. The van der Waals surface area contributed by atoms with E-state index in [9.17, 15) is 4.79 Å². The van der Waals surface area contributed by atoms with Crippen molar-refractivity contribution in [3.05, 3.63) is 28.7 Å². The molecular weight excluding hydrogens is 294 g/mol. The fourth-order valence-corrected chi connectivity index (χ4v) is 2.67. The smallest absolute Gasteiger partial charge is 0.236 e. The van der Waals surface area contributed by atoms with Crippen LogP contribution >= 0.6 is 15.9 Å². The highest BCUT2D eigenvalue weighted by atomic mass is 79.9. The minimum absolute atomic E-state index is 0.0750. The monoisotopic (exact) mass is 311 g/mol. The van der Waals surface area contributed by atoms with E-state index in [0.717, 1.165) is 24.0 Å². The molecule has 1 aliphatic rings. The van der Waals surface area contributed by atoms with Gasteiger partial charge in [0.25, 0.3) is 0 Å². The molecule has 2 unspecified atom stereocenters. The predicted octanol–water partition coefficient (Wildman–Crippen LogP) is 1.49. The van der Waals surface area contributed by atoms with E-state index in [4.69, 9.17) is 5.73 Å². The number of rotatable bonds is 3. The number of carbonyl (C=O) groups is 1. The van der Waals surface area contributed by atoms with Gasteiger partial charge in [-0.15, -0.1) is 0 Å². The first-order valence-corrected chi connectivity index (χ1v) is 6.92. The van der Waals surface area contributed by atoms with Gasteiger partial charge in [-0.3, -0.25) is 4.79 Å². The molecule has 1 saturated heterocycles. The molecule has 1 heterocycles. The van der Waals surface area contributed by atoms with E-state index < -0.39 is 6.04 Å². The van der Waals surface area contributed by atoms with E-state index in [1.54, 1.807) is 6.92 Å². The lowest BCUT2D eigenvalue weighted by Gasteiger charge is -2.20. The second-order valence-corrected chi connectivity index (χ2v) is 5.53. The third kappa shape index (κ3) is 3.03. The quantitative estimate of drug-likeness (QED) is 0.889. The number of para-hydroxylation sites is 1. The maximum absolute atomic E-state index is 11.5. The van der Waals surface area contributed by atoms with Gasteiger partial charge in [-0.1, -0.05) is 12.1 Å². The molecule has 1 aromatic rings. The van der Waals surface area contributed by atoms with E-state index in [-0.39, 0.29) is 11.9 Å². The van der Waals surface area contributed by atoms with Crippen LogP contribution in [0.4, 0.5) is 5.69 Å². The number of nitrogens with zero attached hydrogens (tertiary/aromatic N) is 1. The van der Waals surface area contributed by atoms with Gasteiger partial charge in [-0.25, -0.2) is 0 Å². The molecule has 0 aromatic heterocycles. The number of benzene rings is 1. The van der Waals surface area contributed by atoms with Crippen molar-refractivity contribution in [3.63, 3.8) is 0 Å². The molecule has 1 aromatic carbocycles. The molecule has 0 radical (unpaired) electrons. The number of hydrogen-bond donors (Lipinski definition) is 2. The van der Waals surface area contributed by atoms with E-state index in [2.05, 4.69) is 32.2 Å². The van der Waals surface area contributed by atoms with Gasteiger partial charge >= 0.3 is 0 Å². The van der Waals surface area contributed by atoms with Gasteiger partial charge < -0.3 is 16.0 Å². The van der Waals surface area contributed by atoms with E-state index in [1.807, 2.05) is 18.2 Å². The van der Waals surface area contributed by atoms with Crippen molar-refractivity contribution in [2.24, 2.45) is 5.73 Å². The number of nitrogens with two attached hydrogens (primary N) is 1. The maximum atomic E-state index is 11.5. The number of amides is 1. The Bertz CT molecular complexity index is 436. The summed E-state index contributed by atoms with van der Waals surface area (Å²) in [5.41, 5.74) is 6.73.